The Morgan fingerprint density at radius 1 is 1.26 bits per heavy atom. The van der Waals surface area contributed by atoms with E-state index in [9.17, 15) is 9.59 Å². The summed E-state index contributed by atoms with van der Waals surface area (Å²) in [4.78, 5) is 25.7. The quantitative estimate of drug-likeness (QED) is 0.776. The number of fused-ring (bicyclic) bond motifs is 1. The predicted molar refractivity (Wildman–Crippen MR) is 87.9 cm³/mol. The Morgan fingerprint density at radius 2 is 2.09 bits per heavy atom. The van der Waals surface area contributed by atoms with Gasteiger partial charge in [-0.05, 0) is 30.5 Å². The van der Waals surface area contributed by atoms with Crippen LogP contribution in [-0.4, -0.2) is 52.5 Å². The summed E-state index contributed by atoms with van der Waals surface area (Å²) in [7, 11) is 3.08. The maximum atomic E-state index is 12.2. The summed E-state index contributed by atoms with van der Waals surface area (Å²) in [5.41, 5.74) is 2.59. The highest BCUT2D eigenvalue weighted by molar-refractivity contribution is 5.97. The van der Waals surface area contributed by atoms with Crippen LogP contribution in [0, 0.1) is 0 Å². The first kappa shape index (κ1) is 17.2. The number of anilines is 2. The molecule has 7 heteroatoms. The standard InChI is InChI=1S/C16H23N3O4/c1-22-9-7-17-16(21)18-13-6-5-12-4-3-8-19(14(12)10-13)15(20)11-23-2/h5-6,10H,3-4,7-9,11H2,1-2H3,(H2,17,18,21). The highest BCUT2D eigenvalue weighted by Gasteiger charge is 2.22. The normalized spacial score (nSPS) is 13.4. The maximum Gasteiger partial charge on any atom is 0.319 e. The molecule has 0 radical (unpaired) electrons. The van der Waals surface area contributed by atoms with Crippen LogP contribution >= 0.6 is 0 Å². The molecule has 0 aliphatic carbocycles. The predicted octanol–water partition coefficient (Wildman–Crippen LogP) is 1.38. The van der Waals surface area contributed by atoms with Gasteiger partial charge in [0.15, 0.2) is 0 Å². The van der Waals surface area contributed by atoms with Crippen LogP contribution in [0.1, 0.15) is 12.0 Å². The van der Waals surface area contributed by atoms with Crippen LogP contribution in [0.4, 0.5) is 16.2 Å². The van der Waals surface area contributed by atoms with Gasteiger partial charge in [-0.2, -0.15) is 0 Å². The number of nitrogens with one attached hydrogen (secondary N) is 2. The van der Waals surface area contributed by atoms with E-state index in [1.807, 2.05) is 18.2 Å². The van der Waals surface area contributed by atoms with Gasteiger partial charge in [0.25, 0.3) is 5.91 Å². The molecule has 0 fully saturated rings. The molecule has 2 rings (SSSR count). The number of carbonyl (C=O) groups excluding carboxylic acids is 2. The second-order valence-corrected chi connectivity index (χ2v) is 5.30. The largest absolute Gasteiger partial charge is 0.383 e. The number of aryl methyl sites for hydroxylation is 1. The lowest BCUT2D eigenvalue weighted by Gasteiger charge is -2.29. The first-order chi connectivity index (χ1) is 11.2. The Hall–Kier alpha value is -2.12. The van der Waals surface area contributed by atoms with E-state index in [0.717, 1.165) is 24.1 Å². The molecule has 0 saturated carbocycles. The van der Waals surface area contributed by atoms with Crippen LogP contribution in [0.25, 0.3) is 0 Å². The molecule has 126 valence electrons. The van der Waals surface area contributed by atoms with Gasteiger partial charge in [-0.15, -0.1) is 0 Å². The molecule has 0 spiro atoms. The van der Waals surface area contributed by atoms with Crippen LogP contribution in [0.15, 0.2) is 18.2 Å². The second-order valence-electron chi connectivity index (χ2n) is 5.30. The van der Waals surface area contributed by atoms with Crippen molar-refractivity contribution in [1.82, 2.24) is 5.32 Å². The minimum Gasteiger partial charge on any atom is -0.383 e. The number of benzene rings is 1. The molecule has 2 N–H and O–H groups in total. The Kier molecular flexibility index (Phi) is 6.37. The number of amides is 3. The summed E-state index contributed by atoms with van der Waals surface area (Å²) >= 11 is 0. The van der Waals surface area contributed by atoms with Gasteiger partial charge < -0.3 is 25.0 Å². The van der Waals surface area contributed by atoms with E-state index in [4.69, 9.17) is 9.47 Å². The first-order valence-corrected chi connectivity index (χ1v) is 7.61. The Labute approximate surface area is 135 Å². The van der Waals surface area contributed by atoms with Gasteiger partial charge in [-0.25, -0.2) is 4.79 Å². The zero-order valence-electron chi connectivity index (χ0n) is 13.6. The Bertz CT molecular complexity index is 562. The molecule has 1 heterocycles. The van der Waals surface area contributed by atoms with Gasteiger partial charge >= 0.3 is 6.03 Å². The number of hydrogen-bond donors (Lipinski definition) is 2. The van der Waals surface area contributed by atoms with E-state index in [-0.39, 0.29) is 18.5 Å². The van der Waals surface area contributed by atoms with Crippen molar-refractivity contribution in [3.63, 3.8) is 0 Å². The number of urea groups is 1. The van der Waals surface area contributed by atoms with Gasteiger partial charge in [0.2, 0.25) is 0 Å². The van der Waals surface area contributed by atoms with Crippen molar-refractivity contribution in [2.24, 2.45) is 0 Å². The highest BCUT2D eigenvalue weighted by Crippen LogP contribution is 2.30. The van der Waals surface area contributed by atoms with E-state index >= 15 is 0 Å². The molecule has 1 aromatic rings. The SMILES string of the molecule is COCCNC(=O)Nc1ccc2c(c1)N(C(=O)COC)CCC2. The van der Waals surface area contributed by atoms with Crippen LogP contribution in [0.3, 0.4) is 0 Å². The van der Waals surface area contributed by atoms with E-state index < -0.39 is 0 Å². The molecule has 0 unspecified atom stereocenters. The van der Waals surface area contributed by atoms with Crippen molar-refractivity contribution >= 4 is 23.3 Å². The van der Waals surface area contributed by atoms with E-state index in [1.54, 1.807) is 12.0 Å². The lowest BCUT2D eigenvalue weighted by Crippen LogP contribution is -2.38. The van der Waals surface area contributed by atoms with Crippen LogP contribution in [0.5, 0.6) is 0 Å². The second kappa shape index (κ2) is 8.50. The summed E-state index contributed by atoms with van der Waals surface area (Å²) in [5.74, 6) is -0.0739. The summed E-state index contributed by atoms with van der Waals surface area (Å²) in [6.07, 6.45) is 1.85. The fourth-order valence-corrected chi connectivity index (χ4v) is 2.55. The topological polar surface area (TPSA) is 79.9 Å². The minimum atomic E-state index is -0.299. The minimum absolute atomic E-state index is 0.0502. The molecular formula is C16H23N3O4. The molecule has 7 nitrogen and oxygen atoms in total. The third kappa shape index (κ3) is 4.67. The zero-order valence-corrected chi connectivity index (χ0v) is 13.6. The molecule has 0 atom stereocenters. The lowest BCUT2D eigenvalue weighted by molar-refractivity contribution is -0.122. The van der Waals surface area contributed by atoms with Crippen LogP contribution in [-0.2, 0) is 20.7 Å². The van der Waals surface area contributed by atoms with Gasteiger partial charge in [-0.3, -0.25) is 4.79 Å². The van der Waals surface area contributed by atoms with Crippen LogP contribution in [0.2, 0.25) is 0 Å². The molecule has 23 heavy (non-hydrogen) atoms. The zero-order chi connectivity index (χ0) is 16.7. The smallest absolute Gasteiger partial charge is 0.319 e. The Morgan fingerprint density at radius 3 is 2.83 bits per heavy atom. The average molecular weight is 321 g/mol. The van der Waals surface area contributed by atoms with E-state index in [2.05, 4.69) is 10.6 Å². The Balaban J connectivity index is 2.08. The number of hydrogen-bond acceptors (Lipinski definition) is 4. The van der Waals surface area contributed by atoms with E-state index in [0.29, 0.717) is 25.4 Å². The molecule has 3 amide bonds. The third-order valence-electron chi connectivity index (χ3n) is 3.62. The average Bonchev–Trinajstić information content (AvgIpc) is 2.54. The number of nitrogens with zero attached hydrogens (tertiary/aromatic N) is 1. The molecule has 1 aliphatic rings. The van der Waals surface area contributed by atoms with Gasteiger partial charge in [0.05, 0.1) is 6.61 Å². The fraction of sp³-hybridized carbons (Fsp3) is 0.500. The molecule has 0 aromatic heterocycles. The molecule has 0 bridgehead atoms. The van der Waals surface area contributed by atoms with Crippen molar-refractivity contribution in [3.05, 3.63) is 23.8 Å². The van der Waals surface area contributed by atoms with Crippen molar-refractivity contribution < 1.29 is 19.1 Å². The summed E-state index contributed by atoms with van der Waals surface area (Å²) < 4.78 is 9.82. The maximum absolute atomic E-state index is 12.2. The van der Waals surface area contributed by atoms with Gasteiger partial charge in [0, 0.05) is 38.7 Å². The molecule has 0 saturated heterocycles. The summed E-state index contributed by atoms with van der Waals surface area (Å²) in [6.45, 7) is 1.61. The highest BCUT2D eigenvalue weighted by atomic mass is 16.5. The number of carbonyl (C=O) groups is 2. The molecule has 1 aromatic carbocycles. The van der Waals surface area contributed by atoms with Crippen LogP contribution < -0.4 is 15.5 Å². The summed E-state index contributed by atoms with van der Waals surface area (Å²) in [6, 6.07) is 5.33. The van der Waals surface area contributed by atoms with Crippen molar-refractivity contribution in [2.75, 3.05) is 50.7 Å². The van der Waals surface area contributed by atoms with Gasteiger partial charge in [-0.1, -0.05) is 6.07 Å². The van der Waals surface area contributed by atoms with E-state index in [1.165, 1.54) is 7.11 Å². The monoisotopic (exact) mass is 321 g/mol. The van der Waals surface area contributed by atoms with Gasteiger partial charge in [0.1, 0.15) is 6.61 Å². The molecule has 1 aliphatic heterocycles. The lowest BCUT2D eigenvalue weighted by atomic mass is 10.0. The van der Waals surface area contributed by atoms with Crippen molar-refractivity contribution in [2.45, 2.75) is 12.8 Å². The third-order valence-corrected chi connectivity index (χ3v) is 3.62. The number of rotatable bonds is 6. The molecular weight excluding hydrogens is 298 g/mol. The van der Waals surface area contributed by atoms with Crippen molar-refractivity contribution in [3.8, 4) is 0 Å². The van der Waals surface area contributed by atoms with Crippen molar-refractivity contribution in [1.29, 1.82) is 0 Å². The fourth-order valence-electron chi connectivity index (χ4n) is 2.55. The first-order valence-electron chi connectivity index (χ1n) is 7.61. The number of ether oxygens (including phenoxy) is 2. The summed E-state index contributed by atoms with van der Waals surface area (Å²) in [5, 5.41) is 5.46. The number of methoxy groups -OCH3 is 2.